The Morgan fingerprint density at radius 2 is 1.31 bits per heavy atom. The number of amides is 5. The fourth-order valence-electron chi connectivity index (χ4n) is 13.9. The molecule has 4 heterocycles. The first-order chi connectivity index (χ1) is 46.2. The predicted octanol–water partition coefficient (Wildman–Crippen LogP) is 13.6. The molecule has 0 unspecified atom stereocenters. The highest BCUT2D eigenvalue weighted by Crippen LogP contribution is 2.49. The van der Waals surface area contributed by atoms with Crippen LogP contribution in [0.1, 0.15) is 111 Å². The van der Waals surface area contributed by atoms with Crippen LogP contribution in [-0.4, -0.2) is 195 Å². The van der Waals surface area contributed by atoms with Crippen molar-refractivity contribution in [2.75, 3.05) is 123 Å². The van der Waals surface area contributed by atoms with Gasteiger partial charge in [-0.3, -0.25) is 24.1 Å². The zero-order valence-electron chi connectivity index (χ0n) is 56.6. The number of aromatic nitrogens is 1. The Morgan fingerprint density at radius 1 is 0.700 bits per heavy atom. The van der Waals surface area contributed by atoms with Crippen molar-refractivity contribution in [3.8, 4) is 11.1 Å². The smallest absolute Gasteiger partial charge is 0.416 e. The molecule has 544 valence electrons. The van der Waals surface area contributed by atoms with Crippen molar-refractivity contribution in [2.24, 2.45) is 0 Å². The second-order valence-corrected chi connectivity index (χ2v) is 27.1. The molecule has 2 atom stereocenters. The van der Waals surface area contributed by atoms with Crippen LogP contribution >= 0.6 is 48.6 Å². The van der Waals surface area contributed by atoms with E-state index in [9.17, 15) is 59.8 Å². The lowest BCUT2D eigenvalue weighted by Crippen LogP contribution is -2.50. The van der Waals surface area contributed by atoms with E-state index in [0.29, 0.717) is 117 Å². The number of para-hydroxylation sites is 1. The Balaban J connectivity index is 0.00000468. The van der Waals surface area contributed by atoms with Gasteiger partial charge in [-0.15, -0.1) is 37.2 Å². The quantitative estimate of drug-likeness (QED) is 0.0427. The molecule has 1 spiro atoms. The molecule has 100 heavy (non-hydrogen) atoms. The van der Waals surface area contributed by atoms with E-state index in [1.165, 1.54) is 40.5 Å². The van der Waals surface area contributed by atoms with Gasteiger partial charge >= 0.3 is 18.4 Å². The number of carboxylic acid groups (broad SMARTS) is 1. The number of nitrogens with zero attached hydrogens (tertiary/aromatic N) is 9. The topological polar surface area (TPSA) is 163 Å². The van der Waals surface area contributed by atoms with Gasteiger partial charge in [0.1, 0.15) is 29.6 Å². The Kier molecular flexibility index (Phi) is 27.8. The minimum Gasteiger partial charge on any atom is -0.465 e. The van der Waals surface area contributed by atoms with Crippen LogP contribution in [0, 0.1) is 12.7 Å². The maximum absolute atomic E-state index is 14.3. The molecule has 4 aliphatic rings. The normalized spacial score (nSPS) is 17.7. The third-order valence-corrected chi connectivity index (χ3v) is 21.0. The average Bonchev–Trinajstić information content (AvgIpc) is 1.58. The molecule has 6 aromatic rings. The molecule has 0 saturated carbocycles. The molecule has 28 heteroatoms. The first-order valence-electron chi connectivity index (χ1n) is 33.0. The number of carbonyl (C=O) groups excluding carboxylic acids is 4. The zero-order chi connectivity index (χ0) is 69.4. The summed E-state index contributed by atoms with van der Waals surface area (Å²) in [6, 6.07) is 31.6. The number of benzene rings is 5. The summed E-state index contributed by atoms with van der Waals surface area (Å²) in [4.78, 5) is 86.5. The van der Waals surface area contributed by atoms with Crippen molar-refractivity contribution in [3.05, 3.63) is 171 Å². The number of alkyl halides is 6. The molecule has 1 aliphatic carbocycles. The summed E-state index contributed by atoms with van der Waals surface area (Å²) in [6.45, 7) is 6.50. The standard InChI is InChI=1S/C72H84F7N9O8S.3ClH/c1-49-64(97-67(80-49)84(5)32-15-7-10-22-62(89)81(2)40-41-85-33-27-57(28-34-85)88(68(93)94)60-21-14-12-19-58(60)50-16-8-6-9-17-50)66(92)83(4)39-38-82(3)63(90)46-95-61-44-51-18-11-13-20-59(51)69(61)29-35-86(36-30-69)37-31-70(53-23-25-56(73)26-24-53)47-87(48-96-70)65(91)52-42-54(71(74,75)76)45-55(43-52)72(77,78)79;;;/h6,8-9,11-14,16-21,23-26,42-43,45,57,61H,7,10,15,22,27-41,44,46-48H2,1-5H3,(H,93,94);3*1H/t61-,70+;;;/m0.../s1. The molecule has 10 rings (SSSR count). The van der Waals surface area contributed by atoms with Crippen molar-refractivity contribution in [3.63, 3.8) is 0 Å². The van der Waals surface area contributed by atoms with Gasteiger partial charge in [0.15, 0.2) is 5.13 Å². The Bertz CT molecular complexity index is 3720. The summed E-state index contributed by atoms with van der Waals surface area (Å²) in [5.41, 5.74) is 0.166. The predicted molar refractivity (Wildman–Crippen MR) is 378 cm³/mol. The van der Waals surface area contributed by atoms with E-state index in [0.717, 1.165) is 59.5 Å². The number of likely N-dealkylation sites (N-methyl/N-ethyl adjacent to an activating group) is 3. The van der Waals surface area contributed by atoms with E-state index in [-0.39, 0.29) is 106 Å². The van der Waals surface area contributed by atoms with Gasteiger partial charge in [-0.25, -0.2) is 14.2 Å². The van der Waals surface area contributed by atoms with Crippen LogP contribution in [-0.2, 0) is 48.9 Å². The Hall–Kier alpha value is -7.10. The van der Waals surface area contributed by atoms with E-state index in [2.05, 4.69) is 21.9 Å². The molecule has 1 aromatic heterocycles. The van der Waals surface area contributed by atoms with Crippen molar-refractivity contribution < 1.29 is 69.3 Å². The molecule has 3 saturated heterocycles. The summed E-state index contributed by atoms with van der Waals surface area (Å²) in [5.74, 6) is -1.99. The number of likely N-dealkylation sites (tertiary alicyclic amines) is 2. The number of unbranched alkanes of at least 4 members (excludes halogenated alkanes) is 2. The van der Waals surface area contributed by atoms with Crippen LogP contribution in [0.5, 0.6) is 0 Å². The number of hydrogen-bond donors (Lipinski definition) is 1. The third-order valence-electron chi connectivity index (χ3n) is 19.8. The van der Waals surface area contributed by atoms with E-state index < -0.39 is 64.6 Å². The second-order valence-electron chi connectivity index (χ2n) is 26.1. The van der Waals surface area contributed by atoms with Crippen molar-refractivity contribution in [1.29, 1.82) is 0 Å². The van der Waals surface area contributed by atoms with E-state index >= 15 is 0 Å². The number of fused-ring (bicyclic) bond motifs is 2. The Morgan fingerprint density at radius 3 is 1.97 bits per heavy atom. The highest BCUT2D eigenvalue weighted by Gasteiger charge is 2.50. The summed E-state index contributed by atoms with van der Waals surface area (Å²) in [7, 11) is 7.14. The minimum atomic E-state index is -5.15. The zero-order valence-corrected chi connectivity index (χ0v) is 59.8. The number of thiazole rings is 1. The third kappa shape index (κ3) is 18.9. The highest BCUT2D eigenvalue weighted by atomic mass is 35.5. The maximum atomic E-state index is 14.3. The van der Waals surface area contributed by atoms with Gasteiger partial charge in [0.05, 0.1) is 35.2 Å². The monoisotopic (exact) mass is 1480 g/mol. The highest BCUT2D eigenvalue weighted by molar-refractivity contribution is 7.17. The van der Waals surface area contributed by atoms with Crippen LogP contribution in [0.4, 0.5) is 46.3 Å². The number of rotatable bonds is 25. The number of anilines is 2. The van der Waals surface area contributed by atoms with E-state index in [1.54, 1.807) is 35.7 Å². The lowest BCUT2D eigenvalue weighted by Gasteiger charge is -2.44. The van der Waals surface area contributed by atoms with Crippen molar-refractivity contribution >= 4 is 89.1 Å². The van der Waals surface area contributed by atoms with Crippen molar-refractivity contribution in [2.45, 2.75) is 107 Å². The van der Waals surface area contributed by atoms with Gasteiger partial charge in [-0.05, 0) is 130 Å². The number of piperidine rings is 2. The van der Waals surface area contributed by atoms with Gasteiger partial charge in [0.2, 0.25) is 11.8 Å². The molecule has 0 radical (unpaired) electrons. The van der Waals surface area contributed by atoms with E-state index in [4.69, 9.17) is 14.5 Å². The van der Waals surface area contributed by atoms with Gasteiger partial charge in [0.25, 0.3) is 11.8 Å². The molecule has 0 bridgehead atoms. The number of ether oxygens (including phenoxy) is 2. The first-order valence-corrected chi connectivity index (χ1v) is 33.8. The van der Waals surface area contributed by atoms with Crippen LogP contribution in [0.3, 0.4) is 0 Å². The van der Waals surface area contributed by atoms with Crippen LogP contribution in [0.25, 0.3) is 11.1 Å². The largest absolute Gasteiger partial charge is 0.465 e. The Labute approximate surface area is 601 Å². The molecule has 17 nitrogen and oxygen atoms in total. The second kappa shape index (κ2) is 34.7. The summed E-state index contributed by atoms with van der Waals surface area (Å²) < 4.78 is 110. The van der Waals surface area contributed by atoms with Gasteiger partial charge < -0.3 is 48.9 Å². The van der Waals surface area contributed by atoms with Gasteiger partial charge in [-0.2, -0.15) is 26.3 Å². The van der Waals surface area contributed by atoms with Crippen LogP contribution in [0.15, 0.2) is 121 Å². The first kappa shape index (κ1) is 80.2. The summed E-state index contributed by atoms with van der Waals surface area (Å²) in [5, 5.41) is 11.1. The number of hydrogen-bond acceptors (Lipinski definition) is 12. The number of aryl methyl sites for hydroxylation is 1. The van der Waals surface area contributed by atoms with E-state index in [1.807, 2.05) is 85.7 Å². The fraction of sp³-hybridized carbons (Fsp3) is 0.472. The summed E-state index contributed by atoms with van der Waals surface area (Å²) in [6.07, 6.45) is -5.27. The molecular weight excluding hydrogens is 1390 g/mol. The summed E-state index contributed by atoms with van der Waals surface area (Å²) >= 11 is 1.32. The number of halogens is 10. The molecule has 3 fully saturated rings. The average molecular weight is 1480 g/mol. The minimum absolute atomic E-state index is 0. The number of carbonyl (C=O) groups is 5. The van der Waals surface area contributed by atoms with Gasteiger partial charge in [0, 0.05) is 110 Å². The van der Waals surface area contributed by atoms with Crippen LogP contribution in [0.2, 0.25) is 0 Å². The SMILES string of the molecule is Cc1nc(N(C)CCCCCC(=O)N(C)CCN2CCC(N(C(=O)O)c3ccccc3-c3ccccc3)CC2)sc1C(=O)N(C)CCN(C)C(=O)CO[C@H]1Cc2ccccc2C12CCN(CC[C@]1(c3ccc(F)cc3)CN(C(=O)c3cc(C(F)(F)F)cc(C(F)(F)F)c3)CO1)CC2.Cl.Cl.Cl. The maximum Gasteiger partial charge on any atom is 0.416 e. The molecular formula is C72H87Cl3F7N9O8S. The molecule has 5 amide bonds. The van der Waals surface area contributed by atoms with Crippen molar-refractivity contribution in [1.82, 2.24) is 34.4 Å². The fourth-order valence-corrected chi connectivity index (χ4v) is 15.0. The molecule has 1 N–H and O–H groups in total. The molecule has 5 aromatic carbocycles. The lowest BCUT2D eigenvalue weighted by molar-refractivity contribution is -0.143. The molecule has 3 aliphatic heterocycles. The lowest BCUT2D eigenvalue weighted by atomic mass is 9.72. The van der Waals surface area contributed by atoms with Crippen LogP contribution < -0.4 is 9.80 Å². The van der Waals surface area contributed by atoms with Gasteiger partial charge in [-0.1, -0.05) is 103 Å².